The summed E-state index contributed by atoms with van der Waals surface area (Å²) in [7, 11) is 0. The predicted molar refractivity (Wildman–Crippen MR) is 133 cm³/mol. The molecule has 3 heterocycles. The third kappa shape index (κ3) is 4.90. The van der Waals surface area contributed by atoms with E-state index < -0.39 is 0 Å². The smallest absolute Gasteiger partial charge is 0.210 e. The van der Waals surface area contributed by atoms with Gasteiger partial charge in [0.25, 0.3) is 0 Å². The lowest BCUT2D eigenvalue weighted by molar-refractivity contribution is -0.120. The molecule has 3 aromatic rings. The molecule has 1 amide bonds. The van der Waals surface area contributed by atoms with E-state index in [0.29, 0.717) is 6.54 Å². The highest BCUT2D eigenvalue weighted by molar-refractivity contribution is 6.31. The Labute approximate surface area is 200 Å². The Morgan fingerprint density at radius 3 is 2.64 bits per heavy atom. The van der Waals surface area contributed by atoms with E-state index in [0.717, 1.165) is 58.8 Å². The van der Waals surface area contributed by atoms with E-state index in [4.69, 9.17) is 16.3 Å². The third-order valence-electron chi connectivity index (χ3n) is 7.04. The van der Waals surface area contributed by atoms with Crippen LogP contribution >= 0.6 is 11.6 Å². The minimum Gasteiger partial charge on any atom is -0.494 e. The van der Waals surface area contributed by atoms with Gasteiger partial charge in [0, 0.05) is 28.2 Å². The van der Waals surface area contributed by atoms with Crippen molar-refractivity contribution in [1.82, 2.24) is 14.8 Å². The molecule has 2 aromatic carbocycles. The second kappa shape index (κ2) is 10.2. The average molecular weight is 466 g/mol. The van der Waals surface area contributed by atoms with Crippen LogP contribution in [-0.2, 0) is 11.2 Å². The summed E-state index contributed by atoms with van der Waals surface area (Å²) in [6.07, 6.45) is 8.11. The van der Waals surface area contributed by atoms with Gasteiger partial charge >= 0.3 is 0 Å². The van der Waals surface area contributed by atoms with Crippen LogP contribution in [-0.4, -0.2) is 54.0 Å². The number of piperidine rings is 1. The first-order valence-corrected chi connectivity index (χ1v) is 12.6. The van der Waals surface area contributed by atoms with Gasteiger partial charge in [-0.1, -0.05) is 30.2 Å². The van der Waals surface area contributed by atoms with Gasteiger partial charge in [0.15, 0.2) is 0 Å². The number of carbonyl (C=O) groups is 1. The van der Waals surface area contributed by atoms with E-state index >= 15 is 0 Å². The second-order valence-corrected chi connectivity index (χ2v) is 9.67. The van der Waals surface area contributed by atoms with Crippen LogP contribution in [0.2, 0.25) is 5.02 Å². The first kappa shape index (κ1) is 22.3. The van der Waals surface area contributed by atoms with Crippen molar-refractivity contribution >= 4 is 28.9 Å². The van der Waals surface area contributed by atoms with Gasteiger partial charge in [-0.2, -0.15) is 0 Å². The number of halogens is 1. The van der Waals surface area contributed by atoms with Gasteiger partial charge in [-0.3, -0.25) is 4.79 Å². The quantitative estimate of drug-likeness (QED) is 0.349. The number of amides is 1. The van der Waals surface area contributed by atoms with E-state index in [9.17, 15) is 4.79 Å². The molecular weight excluding hydrogens is 434 g/mol. The maximum Gasteiger partial charge on any atom is 0.210 e. The molecule has 5 rings (SSSR count). The number of fused-ring (bicyclic) bond motifs is 3. The Balaban J connectivity index is 1.24. The van der Waals surface area contributed by atoms with Crippen molar-refractivity contribution in [3.8, 4) is 5.75 Å². The van der Waals surface area contributed by atoms with Crippen molar-refractivity contribution in [2.24, 2.45) is 0 Å². The number of benzene rings is 2. The third-order valence-corrected chi connectivity index (χ3v) is 7.28. The minimum atomic E-state index is -0.129. The first-order chi connectivity index (χ1) is 16.2. The first-order valence-electron chi connectivity index (χ1n) is 12.2. The number of nitrogens with zero attached hydrogens (tertiary/aromatic N) is 2. The number of likely N-dealkylation sites (tertiary alicyclic amines) is 1. The average Bonchev–Trinajstić information content (AvgIpc) is 3.22. The van der Waals surface area contributed by atoms with Crippen LogP contribution in [0.3, 0.4) is 0 Å². The molecule has 0 spiro atoms. The van der Waals surface area contributed by atoms with Gasteiger partial charge in [0.2, 0.25) is 6.41 Å². The van der Waals surface area contributed by atoms with E-state index in [-0.39, 0.29) is 6.04 Å². The molecule has 6 heteroatoms. The van der Waals surface area contributed by atoms with Gasteiger partial charge in [-0.25, -0.2) is 0 Å². The lowest BCUT2D eigenvalue weighted by atomic mass is 9.93. The number of rotatable bonds is 8. The summed E-state index contributed by atoms with van der Waals surface area (Å²) in [5.41, 5.74) is 4.48. The Morgan fingerprint density at radius 2 is 1.85 bits per heavy atom. The van der Waals surface area contributed by atoms with Crippen LogP contribution < -0.4 is 4.74 Å². The largest absolute Gasteiger partial charge is 0.494 e. The molecule has 0 saturated carbocycles. The molecule has 2 aliphatic rings. The molecule has 1 saturated heterocycles. The van der Waals surface area contributed by atoms with Gasteiger partial charge in [0.1, 0.15) is 5.75 Å². The van der Waals surface area contributed by atoms with Gasteiger partial charge in [-0.15, -0.1) is 0 Å². The number of aromatic nitrogens is 1. The summed E-state index contributed by atoms with van der Waals surface area (Å²) in [6, 6.07) is 14.0. The summed E-state index contributed by atoms with van der Waals surface area (Å²) >= 11 is 6.25. The predicted octanol–water partition coefficient (Wildman–Crippen LogP) is 5.57. The summed E-state index contributed by atoms with van der Waals surface area (Å²) in [6.45, 7) is 5.13. The Morgan fingerprint density at radius 1 is 1.03 bits per heavy atom. The maximum absolute atomic E-state index is 11.9. The molecule has 1 atom stereocenters. The zero-order chi connectivity index (χ0) is 22.6. The maximum atomic E-state index is 11.9. The highest BCUT2D eigenvalue weighted by Gasteiger charge is 2.31. The summed E-state index contributed by atoms with van der Waals surface area (Å²) in [4.78, 5) is 19.9. The summed E-state index contributed by atoms with van der Waals surface area (Å²) in [5.74, 6) is 0.883. The Hall–Kier alpha value is -2.50. The molecule has 0 bridgehead atoms. The molecule has 33 heavy (non-hydrogen) atoms. The number of H-pyrrole nitrogens is 1. The number of nitrogens with one attached hydrogen (secondary N) is 1. The van der Waals surface area contributed by atoms with Crippen molar-refractivity contribution in [2.45, 2.75) is 44.6 Å². The minimum absolute atomic E-state index is 0.129. The lowest BCUT2D eigenvalue weighted by Crippen LogP contribution is -2.34. The fourth-order valence-electron chi connectivity index (χ4n) is 5.31. The number of aromatic amines is 1. The van der Waals surface area contributed by atoms with E-state index in [1.54, 1.807) is 0 Å². The van der Waals surface area contributed by atoms with Crippen LogP contribution in [0.4, 0.5) is 0 Å². The van der Waals surface area contributed by atoms with Crippen molar-refractivity contribution in [3.05, 3.63) is 64.3 Å². The number of carbonyl (C=O) groups excluding carboxylic acids is 1. The molecule has 1 N–H and O–H groups in total. The molecule has 2 aliphatic heterocycles. The Bertz CT molecular complexity index is 1090. The van der Waals surface area contributed by atoms with Crippen molar-refractivity contribution < 1.29 is 9.53 Å². The monoisotopic (exact) mass is 465 g/mol. The molecule has 1 fully saturated rings. The molecular formula is C27H32ClN3O2. The van der Waals surface area contributed by atoms with Crippen LogP contribution in [0.5, 0.6) is 5.75 Å². The topological polar surface area (TPSA) is 48.6 Å². The van der Waals surface area contributed by atoms with Crippen molar-refractivity contribution in [3.63, 3.8) is 0 Å². The molecule has 0 radical (unpaired) electrons. The zero-order valence-corrected chi connectivity index (χ0v) is 19.8. The van der Waals surface area contributed by atoms with Crippen molar-refractivity contribution in [1.29, 1.82) is 0 Å². The van der Waals surface area contributed by atoms with Crippen LogP contribution in [0.15, 0.2) is 42.5 Å². The van der Waals surface area contributed by atoms with Crippen LogP contribution in [0.1, 0.15) is 55.0 Å². The van der Waals surface area contributed by atoms with Gasteiger partial charge in [-0.05, 0) is 93.2 Å². The van der Waals surface area contributed by atoms with Crippen LogP contribution in [0, 0.1) is 0 Å². The second-order valence-electron chi connectivity index (χ2n) is 9.23. The normalized spacial score (nSPS) is 18.9. The number of hydrogen-bond acceptors (Lipinski definition) is 3. The fraction of sp³-hybridized carbons (Fsp3) is 0.444. The zero-order valence-electron chi connectivity index (χ0n) is 19.1. The van der Waals surface area contributed by atoms with Crippen molar-refractivity contribution in [2.75, 3.05) is 32.8 Å². The number of ether oxygens (including phenoxy) is 1. The number of hydrogen-bond donors (Lipinski definition) is 1. The molecule has 0 aliphatic carbocycles. The fourth-order valence-corrected chi connectivity index (χ4v) is 5.48. The van der Waals surface area contributed by atoms with Gasteiger partial charge < -0.3 is 19.5 Å². The van der Waals surface area contributed by atoms with Crippen LogP contribution in [0.25, 0.3) is 10.9 Å². The Kier molecular flexibility index (Phi) is 6.88. The lowest BCUT2D eigenvalue weighted by Gasteiger charge is -2.33. The highest BCUT2D eigenvalue weighted by atomic mass is 35.5. The van der Waals surface area contributed by atoms with E-state index in [1.165, 1.54) is 50.9 Å². The summed E-state index contributed by atoms with van der Waals surface area (Å²) < 4.78 is 6.00. The molecule has 5 nitrogen and oxygen atoms in total. The number of unbranched alkanes of at least 4 members (excludes halogenated alkanes) is 1. The molecule has 1 aromatic heterocycles. The van der Waals surface area contributed by atoms with E-state index in [2.05, 4.69) is 22.0 Å². The van der Waals surface area contributed by atoms with Gasteiger partial charge in [0.05, 0.1) is 12.6 Å². The van der Waals surface area contributed by atoms with E-state index in [1.807, 2.05) is 35.2 Å². The molecule has 174 valence electrons. The molecule has 1 unspecified atom stereocenters. The summed E-state index contributed by atoms with van der Waals surface area (Å²) in [5, 5.41) is 1.88. The highest BCUT2D eigenvalue weighted by Crippen LogP contribution is 2.38. The SMILES string of the molecule is O=CN1CCc2c([nH]c3ccc(Cl)cc23)C1c1ccc(OCCCCN2CCCCC2)cc1. The standard InChI is InChI=1S/C27H32ClN3O2/c28-21-8-11-25-24(18-21)23-12-16-31(19-32)27(26(23)29-25)20-6-9-22(10-7-20)33-17-5-4-15-30-13-2-1-3-14-30/h6-11,18-19,27,29H,1-5,12-17H2.